The van der Waals surface area contributed by atoms with Gasteiger partial charge in [-0.1, -0.05) is 72.3 Å². The first-order valence-corrected chi connectivity index (χ1v) is 13.0. The molecule has 11 heteroatoms. The van der Waals surface area contributed by atoms with Gasteiger partial charge < -0.3 is 10.1 Å². The minimum absolute atomic E-state index is 0.0830. The lowest BCUT2D eigenvalue weighted by Crippen LogP contribution is -2.61. The van der Waals surface area contributed by atoms with Gasteiger partial charge in [0, 0.05) is 26.7 Å². The second-order valence-electron chi connectivity index (χ2n) is 9.75. The number of carbonyl (C=O) groups excluding carboxylic acids is 1. The normalized spacial score (nSPS) is 15.0. The molecular weight excluding hydrogens is 582 g/mol. The Hall–Kier alpha value is -3.89. The van der Waals surface area contributed by atoms with E-state index in [1.807, 2.05) is 0 Å². The predicted octanol–water partition coefficient (Wildman–Crippen LogP) is 7.69. The Morgan fingerprint density at radius 3 is 1.98 bits per heavy atom. The molecule has 0 aliphatic carbocycles. The molecule has 1 heterocycles. The second kappa shape index (κ2) is 11.8. The van der Waals surface area contributed by atoms with Crippen LogP contribution < -0.4 is 5.32 Å². The highest BCUT2D eigenvalue weighted by Crippen LogP contribution is 2.44. The molecule has 4 rings (SSSR count). The van der Waals surface area contributed by atoms with Crippen LogP contribution in [-0.4, -0.2) is 23.9 Å². The molecule has 0 aliphatic rings. The number of ether oxygens (including phenoxy) is 1. The lowest BCUT2D eigenvalue weighted by atomic mass is 9.78. The zero-order valence-electron chi connectivity index (χ0n) is 22.4. The summed E-state index contributed by atoms with van der Waals surface area (Å²) in [6.45, 7) is 0.492. The van der Waals surface area contributed by atoms with E-state index in [0.29, 0.717) is 24.6 Å². The van der Waals surface area contributed by atoms with Gasteiger partial charge >= 0.3 is 6.18 Å². The number of halogens is 7. The van der Waals surface area contributed by atoms with Crippen molar-refractivity contribution < 1.29 is 35.9 Å². The molecule has 0 bridgehead atoms. The molecule has 4 nitrogen and oxygen atoms in total. The second-order valence-corrected chi connectivity index (χ2v) is 10.2. The highest BCUT2D eigenvalue weighted by molar-refractivity contribution is 6.30. The van der Waals surface area contributed by atoms with Crippen molar-refractivity contribution in [3.8, 4) is 0 Å². The van der Waals surface area contributed by atoms with Gasteiger partial charge in [-0.05, 0) is 47.0 Å². The molecule has 42 heavy (non-hydrogen) atoms. The highest BCUT2D eigenvalue weighted by Gasteiger charge is 2.60. The lowest BCUT2D eigenvalue weighted by Gasteiger charge is -2.42. The van der Waals surface area contributed by atoms with E-state index in [1.54, 1.807) is 36.4 Å². The van der Waals surface area contributed by atoms with E-state index >= 15 is 8.78 Å². The average molecular weight is 607 g/mol. The third-order valence-electron chi connectivity index (χ3n) is 6.95. The largest absolute Gasteiger partial charge is 0.416 e. The maximum absolute atomic E-state index is 15.5. The van der Waals surface area contributed by atoms with Crippen LogP contribution in [0.1, 0.15) is 34.9 Å². The molecule has 0 saturated heterocycles. The van der Waals surface area contributed by atoms with Gasteiger partial charge in [-0.2, -0.15) is 13.2 Å². The molecule has 0 radical (unpaired) electrons. The van der Waals surface area contributed by atoms with Gasteiger partial charge in [0.25, 0.3) is 11.8 Å². The van der Waals surface area contributed by atoms with Crippen molar-refractivity contribution in [2.24, 2.45) is 0 Å². The predicted molar refractivity (Wildman–Crippen MR) is 145 cm³/mol. The summed E-state index contributed by atoms with van der Waals surface area (Å²) in [6, 6.07) is 19.6. The fraction of sp³-hybridized carbons (Fsp3) is 0.226. The van der Waals surface area contributed by atoms with E-state index in [1.165, 1.54) is 42.6 Å². The molecule has 220 valence electrons. The first-order valence-electron chi connectivity index (χ1n) is 12.6. The molecule has 0 aliphatic heterocycles. The summed E-state index contributed by atoms with van der Waals surface area (Å²) in [5, 5.41) is 2.71. The van der Waals surface area contributed by atoms with Crippen molar-refractivity contribution in [3.05, 3.63) is 136 Å². The fourth-order valence-electron chi connectivity index (χ4n) is 4.98. The van der Waals surface area contributed by atoms with Crippen LogP contribution in [0.5, 0.6) is 0 Å². The van der Waals surface area contributed by atoms with Crippen molar-refractivity contribution in [1.29, 1.82) is 0 Å². The summed E-state index contributed by atoms with van der Waals surface area (Å²) in [5.41, 5.74) is -6.62. The van der Waals surface area contributed by atoms with Crippen LogP contribution in [0.15, 0.2) is 97.2 Å². The highest BCUT2D eigenvalue weighted by atomic mass is 35.5. The zero-order valence-corrected chi connectivity index (χ0v) is 23.1. The van der Waals surface area contributed by atoms with Gasteiger partial charge in [-0.25, -0.2) is 13.2 Å². The van der Waals surface area contributed by atoms with Gasteiger partial charge in [0.1, 0.15) is 11.4 Å². The van der Waals surface area contributed by atoms with E-state index in [0.717, 1.165) is 13.2 Å². The van der Waals surface area contributed by atoms with Gasteiger partial charge in [0.2, 0.25) is 5.60 Å². The van der Waals surface area contributed by atoms with Crippen LogP contribution in [0.25, 0.3) is 0 Å². The standard InChI is InChI=1S/C31H25ClF6N2O2/c1-28(34,35)30(42-2,21-11-7-4-8-12-21)27(41)40-29(18-20-9-5-3-6-10-20,26-14-13-24(32)19-39-26)22-15-23(31(36,37)38)17-25(33)16-22/h3-17,19H,18H2,1-2H3,(H,40,41)/t29-,30+/m1/s1. The Morgan fingerprint density at radius 2 is 1.45 bits per heavy atom. The molecule has 3 aromatic carbocycles. The van der Waals surface area contributed by atoms with Crippen LogP contribution in [0, 0.1) is 5.82 Å². The maximum atomic E-state index is 15.5. The summed E-state index contributed by atoms with van der Waals surface area (Å²) >= 11 is 6.04. The van der Waals surface area contributed by atoms with Gasteiger partial charge in [-0.15, -0.1) is 0 Å². The third-order valence-corrected chi connectivity index (χ3v) is 7.17. The number of pyridine rings is 1. The van der Waals surface area contributed by atoms with Crippen LogP contribution in [0.4, 0.5) is 26.3 Å². The summed E-state index contributed by atoms with van der Waals surface area (Å²) in [7, 11) is 0.924. The van der Waals surface area contributed by atoms with Crippen LogP contribution >= 0.6 is 11.6 Å². The van der Waals surface area contributed by atoms with Gasteiger partial charge in [0.15, 0.2) is 0 Å². The molecule has 1 N–H and O–H groups in total. The number of aromatic nitrogens is 1. The number of hydrogen-bond acceptors (Lipinski definition) is 3. The number of nitrogens with zero attached hydrogens (tertiary/aromatic N) is 1. The quantitative estimate of drug-likeness (QED) is 0.199. The minimum Gasteiger partial charge on any atom is -0.359 e. The Morgan fingerprint density at radius 1 is 0.857 bits per heavy atom. The molecule has 0 fully saturated rings. The third kappa shape index (κ3) is 6.00. The maximum Gasteiger partial charge on any atom is 0.416 e. The SMILES string of the molecule is CO[C@](C(=O)N[C@](Cc1ccccc1)(c1cc(F)cc(C(F)(F)F)c1)c1ccc(Cl)cn1)(c1ccccc1)C(C)(F)F. The molecule has 1 aromatic heterocycles. The molecule has 0 spiro atoms. The number of benzene rings is 3. The number of hydrogen-bond donors (Lipinski definition) is 1. The number of alkyl halides is 5. The average Bonchev–Trinajstić information content (AvgIpc) is 2.93. The Kier molecular flexibility index (Phi) is 8.71. The number of rotatable bonds is 9. The summed E-state index contributed by atoms with van der Waals surface area (Å²) in [4.78, 5) is 18.5. The van der Waals surface area contributed by atoms with Gasteiger partial charge in [-0.3, -0.25) is 9.78 Å². The van der Waals surface area contributed by atoms with Crippen LogP contribution in [0.2, 0.25) is 5.02 Å². The monoisotopic (exact) mass is 606 g/mol. The first-order chi connectivity index (χ1) is 19.7. The van der Waals surface area contributed by atoms with E-state index in [2.05, 4.69) is 10.3 Å². The Balaban J connectivity index is 2.06. The molecule has 0 saturated carbocycles. The van der Waals surface area contributed by atoms with Crippen molar-refractivity contribution in [2.45, 2.75) is 36.6 Å². The van der Waals surface area contributed by atoms with Crippen molar-refractivity contribution in [3.63, 3.8) is 0 Å². The van der Waals surface area contributed by atoms with Gasteiger partial charge in [0.05, 0.1) is 16.3 Å². The zero-order chi connectivity index (χ0) is 30.8. The van der Waals surface area contributed by atoms with E-state index in [4.69, 9.17) is 16.3 Å². The topological polar surface area (TPSA) is 51.2 Å². The number of nitrogens with one attached hydrogen (secondary N) is 1. The molecular formula is C31H25ClF6N2O2. The van der Waals surface area contributed by atoms with Crippen molar-refractivity contribution in [2.75, 3.05) is 7.11 Å². The van der Waals surface area contributed by atoms with E-state index < -0.39 is 40.5 Å². The summed E-state index contributed by atoms with van der Waals surface area (Å²) in [5.74, 6) is -6.51. The number of amides is 1. The van der Waals surface area contributed by atoms with Crippen molar-refractivity contribution in [1.82, 2.24) is 10.3 Å². The Bertz CT molecular complexity index is 1530. The molecule has 4 aromatic rings. The lowest BCUT2D eigenvalue weighted by molar-refractivity contribution is -0.201. The summed E-state index contributed by atoms with van der Waals surface area (Å²) in [6.07, 6.45) is -4.09. The molecule has 0 unspecified atom stereocenters. The van der Waals surface area contributed by atoms with E-state index in [-0.39, 0.29) is 28.3 Å². The minimum atomic E-state index is -4.97. The molecule has 2 atom stereocenters. The summed E-state index contributed by atoms with van der Waals surface area (Å²) < 4.78 is 92.9. The molecule has 1 amide bonds. The van der Waals surface area contributed by atoms with Crippen molar-refractivity contribution >= 4 is 17.5 Å². The first kappa shape index (κ1) is 31.1. The number of methoxy groups -OCH3 is 1. The number of carbonyl (C=O) groups is 1. The van der Waals surface area contributed by atoms with Crippen LogP contribution in [-0.2, 0) is 33.3 Å². The van der Waals surface area contributed by atoms with Crippen LogP contribution in [0.3, 0.4) is 0 Å². The van der Waals surface area contributed by atoms with E-state index in [9.17, 15) is 22.4 Å². The smallest absolute Gasteiger partial charge is 0.359 e. The fourth-order valence-corrected chi connectivity index (χ4v) is 5.09. The Labute approximate surface area is 243 Å².